The average Bonchev–Trinajstić information content (AvgIpc) is 1.65. The van der Waals surface area contributed by atoms with Crippen LogP contribution in [0.2, 0.25) is 0 Å². The number of carboxylic acid groups (broad SMARTS) is 1. The number of rotatable bonds is 2. The zero-order chi connectivity index (χ0) is 5.86. The van der Waals surface area contributed by atoms with E-state index in [1.54, 1.807) is 0 Å². The summed E-state index contributed by atoms with van der Waals surface area (Å²) in [5.41, 5.74) is 4.82. The van der Waals surface area contributed by atoms with E-state index in [0.717, 1.165) is 0 Å². The lowest BCUT2D eigenvalue weighted by atomic mass is 10.4. The van der Waals surface area contributed by atoms with Gasteiger partial charge >= 0.3 is 0 Å². The zero-order valence-electron chi connectivity index (χ0n) is 3.56. The summed E-state index contributed by atoms with van der Waals surface area (Å²) in [5, 5.41) is 9.61. The van der Waals surface area contributed by atoms with Crippen molar-refractivity contribution >= 4 is 17.6 Å². The summed E-state index contributed by atoms with van der Waals surface area (Å²) < 4.78 is 0. The Morgan fingerprint density at radius 2 is 2.43 bits per heavy atom. The molecule has 0 amide bonds. The molecule has 0 saturated carbocycles. The van der Waals surface area contributed by atoms with Crippen LogP contribution in [0.5, 0.6) is 0 Å². The van der Waals surface area contributed by atoms with Gasteiger partial charge in [0.2, 0.25) is 0 Å². The highest BCUT2D eigenvalue weighted by Gasteiger charge is 1.96. The lowest BCUT2D eigenvalue weighted by molar-refractivity contribution is -0.306. The topological polar surface area (TPSA) is 66.2 Å². The molecule has 4 heteroatoms. The van der Waals surface area contributed by atoms with Crippen molar-refractivity contribution in [1.29, 1.82) is 0 Å². The monoisotopic (exact) mass is 122 g/mol. The Bertz CT molecular complexity index is 75.3. The van der Waals surface area contributed by atoms with E-state index in [4.69, 9.17) is 17.3 Å². The molecule has 0 heterocycles. The van der Waals surface area contributed by atoms with Crippen molar-refractivity contribution < 1.29 is 9.90 Å². The number of hydrogen-bond acceptors (Lipinski definition) is 3. The van der Waals surface area contributed by atoms with Gasteiger partial charge in [-0.25, -0.2) is 0 Å². The SMILES string of the molecule is NC(CCl)C(=O)[O-]. The maximum Gasteiger partial charge on any atom is 0.0594 e. The van der Waals surface area contributed by atoms with Crippen LogP contribution in [-0.2, 0) is 4.79 Å². The Hall–Kier alpha value is -0.280. The lowest BCUT2D eigenvalue weighted by Crippen LogP contribution is -2.42. The molecule has 0 fully saturated rings. The van der Waals surface area contributed by atoms with E-state index in [1.807, 2.05) is 0 Å². The molecule has 0 aliphatic rings. The van der Waals surface area contributed by atoms with Crippen LogP contribution in [-0.4, -0.2) is 17.9 Å². The second kappa shape index (κ2) is 2.82. The molecule has 0 saturated heterocycles. The van der Waals surface area contributed by atoms with Gasteiger partial charge in [0.15, 0.2) is 0 Å². The average molecular weight is 123 g/mol. The standard InChI is InChI=1S/C3H6ClNO2/c4-1-2(5)3(6)7/h2H,1,5H2,(H,6,7)/p-1. The smallest absolute Gasteiger partial charge is 0.0594 e. The van der Waals surface area contributed by atoms with Crippen LogP contribution in [0.1, 0.15) is 0 Å². The van der Waals surface area contributed by atoms with Gasteiger partial charge in [0.05, 0.1) is 12.0 Å². The van der Waals surface area contributed by atoms with Crippen LogP contribution in [0.15, 0.2) is 0 Å². The van der Waals surface area contributed by atoms with Gasteiger partial charge in [0, 0.05) is 5.88 Å². The molecule has 42 valence electrons. The quantitative estimate of drug-likeness (QED) is 0.444. The first kappa shape index (κ1) is 6.72. The van der Waals surface area contributed by atoms with Crippen LogP contribution >= 0.6 is 11.6 Å². The van der Waals surface area contributed by atoms with Gasteiger partial charge in [-0.3, -0.25) is 0 Å². The fraction of sp³-hybridized carbons (Fsp3) is 0.667. The number of carboxylic acids is 1. The van der Waals surface area contributed by atoms with Crippen molar-refractivity contribution in [3.63, 3.8) is 0 Å². The molecule has 0 rings (SSSR count). The first-order valence-corrected chi connectivity index (χ1v) is 2.24. The molecule has 0 aromatic rings. The molecule has 0 radical (unpaired) electrons. The van der Waals surface area contributed by atoms with E-state index in [0.29, 0.717) is 0 Å². The van der Waals surface area contributed by atoms with E-state index < -0.39 is 12.0 Å². The summed E-state index contributed by atoms with van der Waals surface area (Å²) in [6, 6.07) is -1.03. The van der Waals surface area contributed by atoms with Crippen LogP contribution < -0.4 is 10.8 Å². The second-order valence-electron chi connectivity index (χ2n) is 1.08. The van der Waals surface area contributed by atoms with Gasteiger partial charge in [0.25, 0.3) is 0 Å². The van der Waals surface area contributed by atoms with Crippen molar-refractivity contribution in [2.24, 2.45) is 5.73 Å². The molecule has 0 bridgehead atoms. The van der Waals surface area contributed by atoms with E-state index >= 15 is 0 Å². The number of halogens is 1. The van der Waals surface area contributed by atoms with Gasteiger partial charge in [-0.2, -0.15) is 0 Å². The third-order valence-corrected chi connectivity index (χ3v) is 0.801. The van der Waals surface area contributed by atoms with Gasteiger partial charge in [0.1, 0.15) is 0 Å². The molecule has 0 aromatic heterocycles. The number of aliphatic carboxylic acids is 1. The number of hydrogen-bond donors (Lipinski definition) is 1. The third-order valence-electron chi connectivity index (χ3n) is 0.469. The summed E-state index contributed by atoms with van der Waals surface area (Å²) in [7, 11) is 0. The molecular weight excluding hydrogens is 117 g/mol. The van der Waals surface area contributed by atoms with E-state index in [2.05, 4.69) is 0 Å². The van der Waals surface area contributed by atoms with Crippen LogP contribution in [0.4, 0.5) is 0 Å². The highest BCUT2D eigenvalue weighted by Crippen LogP contribution is 1.78. The molecular formula is C3H5ClNO2-. The minimum absolute atomic E-state index is 0.0949. The molecule has 0 aliphatic heterocycles. The van der Waals surface area contributed by atoms with E-state index in [-0.39, 0.29) is 5.88 Å². The molecule has 1 atom stereocenters. The first-order chi connectivity index (χ1) is 3.18. The van der Waals surface area contributed by atoms with Crippen molar-refractivity contribution in [3.8, 4) is 0 Å². The van der Waals surface area contributed by atoms with Crippen LogP contribution in [0, 0.1) is 0 Å². The Morgan fingerprint density at radius 3 is 2.43 bits per heavy atom. The van der Waals surface area contributed by atoms with Crippen LogP contribution in [0.3, 0.4) is 0 Å². The van der Waals surface area contributed by atoms with Crippen molar-refractivity contribution in [3.05, 3.63) is 0 Å². The summed E-state index contributed by atoms with van der Waals surface area (Å²) in [6.07, 6.45) is 0. The molecule has 2 N–H and O–H groups in total. The Kier molecular flexibility index (Phi) is 2.71. The summed E-state index contributed by atoms with van der Waals surface area (Å²) in [5.74, 6) is -1.41. The van der Waals surface area contributed by atoms with Gasteiger partial charge in [-0.05, 0) is 0 Å². The molecule has 0 spiro atoms. The Morgan fingerprint density at radius 1 is 2.00 bits per heavy atom. The molecule has 3 nitrogen and oxygen atoms in total. The molecule has 1 unspecified atom stereocenters. The predicted octanol–water partition coefficient (Wildman–Crippen LogP) is -1.70. The fourth-order valence-electron chi connectivity index (χ4n) is 0.0630. The first-order valence-electron chi connectivity index (χ1n) is 1.71. The zero-order valence-corrected chi connectivity index (χ0v) is 4.31. The van der Waals surface area contributed by atoms with Crippen molar-refractivity contribution in [1.82, 2.24) is 0 Å². The summed E-state index contributed by atoms with van der Waals surface area (Å²) in [4.78, 5) is 9.61. The normalized spacial score (nSPS) is 13.4. The van der Waals surface area contributed by atoms with Gasteiger partial charge in [-0.15, -0.1) is 11.6 Å². The Balaban J connectivity index is 3.34. The maximum absolute atomic E-state index is 9.61. The molecule has 0 aliphatic carbocycles. The van der Waals surface area contributed by atoms with Gasteiger partial charge in [-0.1, -0.05) is 0 Å². The lowest BCUT2D eigenvalue weighted by Gasteiger charge is -2.05. The highest BCUT2D eigenvalue weighted by atomic mass is 35.5. The molecule has 7 heavy (non-hydrogen) atoms. The second-order valence-corrected chi connectivity index (χ2v) is 1.39. The van der Waals surface area contributed by atoms with E-state index in [1.165, 1.54) is 0 Å². The minimum atomic E-state index is -1.31. The highest BCUT2D eigenvalue weighted by molar-refractivity contribution is 6.19. The summed E-state index contributed by atoms with van der Waals surface area (Å²) in [6.45, 7) is 0. The van der Waals surface area contributed by atoms with Gasteiger partial charge < -0.3 is 15.6 Å². The number of carbonyl (C=O) groups excluding carboxylic acids is 1. The van der Waals surface area contributed by atoms with Crippen molar-refractivity contribution in [2.75, 3.05) is 5.88 Å². The van der Waals surface area contributed by atoms with Crippen LogP contribution in [0.25, 0.3) is 0 Å². The number of alkyl halides is 1. The molecule has 0 aromatic carbocycles. The largest absolute Gasteiger partial charge is 0.548 e. The predicted molar refractivity (Wildman–Crippen MR) is 23.7 cm³/mol. The van der Waals surface area contributed by atoms with E-state index in [9.17, 15) is 9.90 Å². The Labute approximate surface area is 46.1 Å². The minimum Gasteiger partial charge on any atom is -0.548 e. The number of nitrogens with two attached hydrogens (primary N) is 1. The van der Waals surface area contributed by atoms with Crippen molar-refractivity contribution in [2.45, 2.75) is 6.04 Å². The summed E-state index contributed by atoms with van der Waals surface area (Å²) >= 11 is 5.00. The third kappa shape index (κ3) is 2.42. The number of carbonyl (C=O) groups is 1. The maximum atomic E-state index is 9.61. The fourth-order valence-corrected chi connectivity index (χ4v) is 0.189.